The van der Waals surface area contributed by atoms with Gasteiger partial charge in [-0.2, -0.15) is 0 Å². The zero-order chi connectivity index (χ0) is 17.1. The number of nitrogens with zero attached hydrogens (tertiary/aromatic N) is 2. The predicted molar refractivity (Wildman–Crippen MR) is 88.0 cm³/mol. The van der Waals surface area contributed by atoms with Gasteiger partial charge in [0, 0.05) is 44.4 Å². The molecule has 124 valence electrons. The highest BCUT2D eigenvalue weighted by Gasteiger charge is 2.35. The van der Waals surface area contributed by atoms with Gasteiger partial charge in [-0.15, -0.1) is 0 Å². The van der Waals surface area contributed by atoms with Crippen LogP contribution in [-0.2, 0) is 9.59 Å². The van der Waals surface area contributed by atoms with Crippen molar-refractivity contribution in [3.63, 3.8) is 0 Å². The Kier molecular flexibility index (Phi) is 5.03. The summed E-state index contributed by atoms with van der Waals surface area (Å²) in [5.74, 6) is -0.551. The molecule has 0 aromatic heterocycles. The number of likely N-dealkylation sites (tertiary alicyclic amines) is 1. The maximum absolute atomic E-state index is 12.3. The van der Waals surface area contributed by atoms with Crippen molar-refractivity contribution in [2.24, 2.45) is 5.92 Å². The first-order chi connectivity index (χ1) is 10.8. The highest BCUT2D eigenvalue weighted by Crippen LogP contribution is 2.22. The Morgan fingerprint density at radius 3 is 2.30 bits per heavy atom. The Morgan fingerprint density at radius 1 is 1.22 bits per heavy atom. The molecule has 3 amide bonds. The summed E-state index contributed by atoms with van der Waals surface area (Å²) in [6, 6.07) is 6.87. The summed E-state index contributed by atoms with van der Waals surface area (Å²) in [6.45, 7) is 4.34. The minimum atomic E-state index is -0.326. The molecule has 23 heavy (non-hydrogen) atoms. The average molecular weight is 317 g/mol. The summed E-state index contributed by atoms with van der Waals surface area (Å²) in [7, 11) is 3.38. The fourth-order valence-electron chi connectivity index (χ4n) is 2.60. The van der Waals surface area contributed by atoms with Crippen molar-refractivity contribution in [3.05, 3.63) is 29.8 Å². The van der Waals surface area contributed by atoms with Gasteiger partial charge in [-0.25, -0.2) is 0 Å². The third kappa shape index (κ3) is 3.88. The normalized spacial score (nSPS) is 17.5. The molecule has 1 aliphatic heterocycles. The van der Waals surface area contributed by atoms with Gasteiger partial charge < -0.3 is 15.1 Å². The predicted octanol–water partition coefficient (Wildman–Crippen LogP) is 1.58. The van der Waals surface area contributed by atoms with E-state index < -0.39 is 0 Å². The van der Waals surface area contributed by atoms with E-state index in [0.717, 1.165) is 0 Å². The average Bonchev–Trinajstić information content (AvgIpc) is 2.89. The number of hydrogen-bond donors (Lipinski definition) is 1. The van der Waals surface area contributed by atoms with Crippen molar-refractivity contribution in [2.45, 2.75) is 26.3 Å². The summed E-state index contributed by atoms with van der Waals surface area (Å²) in [5, 5.41) is 2.82. The lowest BCUT2D eigenvalue weighted by atomic mass is 10.1. The second-order valence-electron chi connectivity index (χ2n) is 6.31. The molecule has 0 aliphatic carbocycles. The second kappa shape index (κ2) is 6.81. The van der Waals surface area contributed by atoms with Crippen LogP contribution in [0.1, 0.15) is 30.6 Å². The lowest BCUT2D eigenvalue weighted by Gasteiger charge is -2.20. The van der Waals surface area contributed by atoms with Crippen molar-refractivity contribution >= 4 is 23.4 Å². The second-order valence-corrected chi connectivity index (χ2v) is 6.31. The molecular weight excluding hydrogens is 294 g/mol. The number of carbonyl (C=O) groups excluding carboxylic acids is 3. The van der Waals surface area contributed by atoms with Crippen LogP contribution in [0.4, 0.5) is 5.69 Å². The number of anilines is 1. The molecule has 0 radical (unpaired) electrons. The molecule has 6 heteroatoms. The van der Waals surface area contributed by atoms with Gasteiger partial charge in [-0.1, -0.05) is 0 Å². The van der Waals surface area contributed by atoms with Crippen LogP contribution in [0.2, 0.25) is 0 Å². The van der Waals surface area contributed by atoms with Gasteiger partial charge in [0.05, 0.1) is 5.92 Å². The summed E-state index contributed by atoms with van der Waals surface area (Å²) in [6.07, 6.45) is 0.251. The Bertz CT molecular complexity index is 608. The summed E-state index contributed by atoms with van der Waals surface area (Å²) < 4.78 is 0. The first-order valence-electron chi connectivity index (χ1n) is 7.71. The minimum Gasteiger partial charge on any atom is -0.345 e. The van der Waals surface area contributed by atoms with Crippen LogP contribution < -0.4 is 5.32 Å². The van der Waals surface area contributed by atoms with Crippen molar-refractivity contribution in [1.29, 1.82) is 0 Å². The zero-order valence-electron chi connectivity index (χ0n) is 14.0. The first-order valence-corrected chi connectivity index (χ1v) is 7.71. The van der Waals surface area contributed by atoms with Crippen LogP contribution in [0.25, 0.3) is 0 Å². The monoisotopic (exact) mass is 317 g/mol. The molecule has 0 saturated carbocycles. The van der Waals surface area contributed by atoms with Crippen LogP contribution in [-0.4, -0.2) is 54.2 Å². The van der Waals surface area contributed by atoms with Gasteiger partial charge in [0.15, 0.2) is 0 Å². The highest BCUT2D eigenvalue weighted by molar-refractivity contribution is 5.98. The quantitative estimate of drug-likeness (QED) is 0.916. The Labute approximate surface area is 136 Å². The summed E-state index contributed by atoms with van der Waals surface area (Å²) in [4.78, 5) is 39.2. The van der Waals surface area contributed by atoms with Gasteiger partial charge in [0.1, 0.15) is 0 Å². The standard InChI is InChI=1S/C17H23N3O3/c1-11(2)20-10-13(9-15(20)21)16(22)18-14-7-5-12(6-8-14)17(23)19(3)4/h5-8,11,13H,9-10H2,1-4H3,(H,18,22). The molecule has 2 rings (SSSR count). The summed E-state index contributed by atoms with van der Waals surface area (Å²) >= 11 is 0. The van der Waals surface area contributed by atoms with E-state index in [2.05, 4.69) is 5.32 Å². The first kappa shape index (κ1) is 17.0. The summed E-state index contributed by atoms with van der Waals surface area (Å²) in [5.41, 5.74) is 1.19. The van der Waals surface area contributed by atoms with Gasteiger partial charge in [-0.3, -0.25) is 14.4 Å². The van der Waals surface area contributed by atoms with E-state index in [4.69, 9.17) is 0 Å². The fourth-order valence-corrected chi connectivity index (χ4v) is 2.60. The van der Waals surface area contributed by atoms with Crippen LogP contribution >= 0.6 is 0 Å². The van der Waals surface area contributed by atoms with Crippen molar-refractivity contribution in [2.75, 3.05) is 26.0 Å². The SMILES string of the molecule is CC(C)N1CC(C(=O)Nc2ccc(C(=O)N(C)C)cc2)CC1=O. The van der Waals surface area contributed by atoms with Crippen molar-refractivity contribution in [3.8, 4) is 0 Å². The number of hydrogen-bond acceptors (Lipinski definition) is 3. The van der Waals surface area contributed by atoms with Gasteiger partial charge in [-0.05, 0) is 38.1 Å². The molecule has 6 nitrogen and oxygen atoms in total. The molecule has 1 N–H and O–H groups in total. The molecular formula is C17H23N3O3. The molecule has 0 spiro atoms. The highest BCUT2D eigenvalue weighted by atomic mass is 16.2. The number of carbonyl (C=O) groups is 3. The van der Waals surface area contributed by atoms with Crippen LogP contribution in [0, 0.1) is 5.92 Å². The number of nitrogens with one attached hydrogen (secondary N) is 1. The molecule has 0 bridgehead atoms. The van der Waals surface area contributed by atoms with Gasteiger partial charge >= 0.3 is 0 Å². The van der Waals surface area contributed by atoms with Crippen molar-refractivity contribution < 1.29 is 14.4 Å². The van der Waals surface area contributed by atoms with Crippen LogP contribution in [0.15, 0.2) is 24.3 Å². The smallest absolute Gasteiger partial charge is 0.253 e. The Balaban J connectivity index is 1.99. The maximum Gasteiger partial charge on any atom is 0.253 e. The van der Waals surface area contributed by atoms with E-state index in [1.54, 1.807) is 43.3 Å². The van der Waals surface area contributed by atoms with E-state index in [-0.39, 0.29) is 36.1 Å². The molecule has 1 heterocycles. The zero-order valence-corrected chi connectivity index (χ0v) is 14.0. The topological polar surface area (TPSA) is 69.7 Å². The van der Waals surface area contributed by atoms with E-state index in [9.17, 15) is 14.4 Å². The number of amides is 3. The molecule has 1 unspecified atom stereocenters. The third-order valence-electron chi connectivity index (χ3n) is 3.96. The van der Waals surface area contributed by atoms with E-state index in [1.807, 2.05) is 13.8 Å². The van der Waals surface area contributed by atoms with Gasteiger partial charge in [0.25, 0.3) is 5.91 Å². The molecule has 1 atom stereocenters. The fraction of sp³-hybridized carbons (Fsp3) is 0.471. The third-order valence-corrected chi connectivity index (χ3v) is 3.96. The molecule has 1 aromatic rings. The van der Waals surface area contributed by atoms with Crippen molar-refractivity contribution in [1.82, 2.24) is 9.80 Å². The number of benzene rings is 1. The van der Waals surface area contributed by atoms with E-state index >= 15 is 0 Å². The number of rotatable bonds is 4. The lowest BCUT2D eigenvalue weighted by Crippen LogP contribution is -2.33. The van der Waals surface area contributed by atoms with Gasteiger partial charge in [0.2, 0.25) is 11.8 Å². The Hall–Kier alpha value is -2.37. The minimum absolute atomic E-state index is 0.0204. The maximum atomic E-state index is 12.3. The van der Waals surface area contributed by atoms with Crippen LogP contribution in [0.5, 0.6) is 0 Å². The van der Waals surface area contributed by atoms with E-state index in [0.29, 0.717) is 17.8 Å². The van der Waals surface area contributed by atoms with Crippen LogP contribution in [0.3, 0.4) is 0 Å². The van der Waals surface area contributed by atoms with E-state index in [1.165, 1.54) is 4.90 Å². The Morgan fingerprint density at radius 2 is 1.83 bits per heavy atom. The lowest BCUT2D eigenvalue weighted by molar-refractivity contribution is -0.129. The molecule has 1 fully saturated rings. The molecule has 1 aromatic carbocycles. The molecule has 1 saturated heterocycles. The molecule has 1 aliphatic rings. The largest absolute Gasteiger partial charge is 0.345 e.